The lowest BCUT2D eigenvalue weighted by molar-refractivity contribution is -0.122. The SMILES string of the molecule is CCCCCCCCCCCCCCC(=O)NC(CS(=O)(=O)O)C(O)CCCCCCCCCCC. The van der Waals surface area contributed by atoms with Gasteiger partial charge in [-0.05, 0) is 12.8 Å². The molecule has 0 saturated carbocycles. The Morgan fingerprint density at radius 2 is 1.00 bits per heavy atom. The van der Waals surface area contributed by atoms with Crippen LogP contribution in [0, 0.1) is 0 Å². The molecule has 0 spiro atoms. The van der Waals surface area contributed by atoms with Crippen molar-refractivity contribution >= 4 is 16.0 Å². The second-order valence-corrected chi connectivity index (χ2v) is 12.2. The Morgan fingerprint density at radius 1 is 0.639 bits per heavy atom. The average molecular weight is 534 g/mol. The summed E-state index contributed by atoms with van der Waals surface area (Å²) in [7, 11) is -4.29. The summed E-state index contributed by atoms with van der Waals surface area (Å²) in [6.07, 6.45) is 24.8. The summed E-state index contributed by atoms with van der Waals surface area (Å²) in [5, 5.41) is 13.2. The molecule has 0 aromatic carbocycles. The van der Waals surface area contributed by atoms with Crippen LogP contribution in [0.3, 0.4) is 0 Å². The van der Waals surface area contributed by atoms with Crippen LogP contribution < -0.4 is 5.32 Å². The van der Waals surface area contributed by atoms with Crippen molar-refractivity contribution in [1.29, 1.82) is 0 Å². The van der Waals surface area contributed by atoms with Crippen LogP contribution >= 0.6 is 0 Å². The van der Waals surface area contributed by atoms with Gasteiger partial charge in [0.05, 0.1) is 17.9 Å². The van der Waals surface area contributed by atoms with Gasteiger partial charge >= 0.3 is 0 Å². The summed E-state index contributed by atoms with van der Waals surface area (Å²) in [4.78, 5) is 12.4. The van der Waals surface area contributed by atoms with Gasteiger partial charge in [-0.25, -0.2) is 0 Å². The Hall–Kier alpha value is -0.660. The average Bonchev–Trinajstić information content (AvgIpc) is 2.82. The van der Waals surface area contributed by atoms with E-state index >= 15 is 0 Å². The Morgan fingerprint density at radius 3 is 1.39 bits per heavy atom. The van der Waals surface area contributed by atoms with Gasteiger partial charge in [0.15, 0.2) is 0 Å². The summed E-state index contributed by atoms with van der Waals surface area (Å²) >= 11 is 0. The highest BCUT2D eigenvalue weighted by Gasteiger charge is 2.26. The minimum Gasteiger partial charge on any atom is -0.391 e. The predicted molar refractivity (Wildman–Crippen MR) is 152 cm³/mol. The monoisotopic (exact) mass is 533 g/mol. The molecule has 0 heterocycles. The Bertz CT molecular complexity index is 596. The number of hydrogen-bond donors (Lipinski definition) is 3. The maximum atomic E-state index is 12.4. The quantitative estimate of drug-likeness (QED) is 0.0740. The first-order valence-corrected chi connectivity index (χ1v) is 16.8. The molecule has 0 aromatic rings. The van der Waals surface area contributed by atoms with E-state index in [1.807, 2.05) is 0 Å². The summed E-state index contributed by atoms with van der Waals surface area (Å²) in [6.45, 7) is 4.45. The molecule has 2 atom stereocenters. The van der Waals surface area contributed by atoms with Crippen molar-refractivity contribution in [1.82, 2.24) is 5.32 Å². The van der Waals surface area contributed by atoms with Crippen LogP contribution in [0.2, 0.25) is 0 Å². The fourth-order valence-corrected chi connectivity index (χ4v) is 5.51. The normalized spacial score (nSPS) is 13.6. The number of rotatable bonds is 27. The predicted octanol–water partition coefficient (Wildman–Crippen LogP) is 7.73. The maximum Gasteiger partial charge on any atom is 0.266 e. The molecule has 3 N–H and O–H groups in total. The number of carbonyl (C=O) groups is 1. The van der Waals surface area contributed by atoms with Gasteiger partial charge in [0.1, 0.15) is 0 Å². The number of amides is 1. The van der Waals surface area contributed by atoms with E-state index in [0.717, 1.165) is 38.5 Å². The topological polar surface area (TPSA) is 104 Å². The van der Waals surface area contributed by atoms with Crippen molar-refractivity contribution in [2.45, 2.75) is 174 Å². The fourth-order valence-electron chi connectivity index (χ4n) is 4.75. The van der Waals surface area contributed by atoms with Gasteiger partial charge in [-0.1, -0.05) is 142 Å². The van der Waals surface area contributed by atoms with Crippen molar-refractivity contribution in [2.24, 2.45) is 0 Å². The number of unbranched alkanes of at least 4 members (excludes halogenated alkanes) is 19. The zero-order valence-electron chi connectivity index (χ0n) is 23.7. The van der Waals surface area contributed by atoms with Crippen molar-refractivity contribution in [3.05, 3.63) is 0 Å². The zero-order valence-corrected chi connectivity index (χ0v) is 24.5. The summed E-state index contributed by atoms with van der Waals surface area (Å²) < 4.78 is 32.1. The molecular weight excluding hydrogens is 474 g/mol. The highest BCUT2D eigenvalue weighted by molar-refractivity contribution is 7.85. The molecule has 6 nitrogen and oxygen atoms in total. The number of aliphatic hydroxyl groups excluding tert-OH is 1. The van der Waals surface area contributed by atoms with Gasteiger partial charge < -0.3 is 10.4 Å². The standard InChI is InChI=1S/C29H59NO5S/c1-3-5-7-9-11-13-14-15-17-19-21-23-25-29(32)30-27(26-36(33,34)35)28(31)24-22-20-18-16-12-10-8-6-4-2/h27-28,31H,3-26H2,1-2H3,(H,30,32)(H,33,34,35). The van der Waals surface area contributed by atoms with E-state index in [0.29, 0.717) is 12.8 Å². The van der Waals surface area contributed by atoms with Crippen LogP contribution in [-0.4, -0.2) is 41.9 Å². The molecule has 0 saturated heterocycles. The molecule has 0 aliphatic carbocycles. The van der Waals surface area contributed by atoms with Gasteiger partial charge in [-0.3, -0.25) is 9.35 Å². The first-order valence-electron chi connectivity index (χ1n) is 15.2. The molecule has 2 unspecified atom stereocenters. The second-order valence-electron chi connectivity index (χ2n) is 10.7. The van der Waals surface area contributed by atoms with Crippen LogP contribution in [0.1, 0.15) is 162 Å². The highest BCUT2D eigenvalue weighted by atomic mass is 32.2. The highest BCUT2D eigenvalue weighted by Crippen LogP contribution is 2.15. The molecule has 0 aromatic heterocycles. The molecule has 0 aliphatic rings. The van der Waals surface area contributed by atoms with Crippen LogP contribution in [0.15, 0.2) is 0 Å². The Labute approximate surface area is 223 Å². The summed E-state index contributed by atoms with van der Waals surface area (Å²) in [5.41, 5.74) is 0. The smallest absolute Gasteiger partial charge is 0.266 e. The fraction of sp³-hybridized carbons (Fsp3) is 0.966. The molecule has 7 heteroatoms. The molecular formula is C29H59NO5S. The maximum absolute atomic E-state index is 12.4. The van der Waals surface area contributed by atoms with Crippen molar-refractivity contribution in [2.75, 3.05) is 5.75 Å². The van der Waals surface area contributed by atoms with Gasteiger partial charge in [0.25, 0.3) is 10.1 Å². The lowest BCUT2D eigenvalue weighted by Crippen LogP contribution is -2.47. The molecule has 36 heavy (non-hydrogen) atoms. The Kier molecular flexibility index (Phi) is 24.2. The van der Waals surface area contributed by atoms with E-state index in [-0.39, 0.29) is 5.91 Å². The van der Waals surface area contributed by atoms with E-state index < -0.39 is 28.0 Å². The van der Waals surface area contributed by atoms with E-state index in [9.17, 15) is 22.9 Å². The third-order valence-electron chi connectivity index (χ3n) is 7.06. The number of carbonyl (C=O) groups excluding carboxylic acids is 1. The largest absolute Gasteiger partial charge is 0.391 e. The lowest BCUT2D eigenvalue weighted by atomic mass is 10.0. The van der Waals surface area contributed by atoms with Crippen LogP contribution in [0.25, 0.3) is 0 Å². The van der Waals surface area contributed by atoms with Gasteiger partial charge in [0, 0.05) is 6.42 Å². The van der Waals surface area contributed by atoms with Gasteiger partial charge in [-0.15, -0.1) is 0 Å². The molecule has 0 rings (SSSR count). The van der Waals surface area contributed by atoms with Gasteiger partial charge in [0.2, 0.25) is 5.91 Å². The zero-order chi connectivity index (χ0) is 26.9. The van der Waals surface area contributed by atoms with E-state index in [1.165, 1.54) is 96.3 Å². The molecule has 0 radical (unpaired) electrons. The third kappa shape index (κ3) is 25.0. The van der Waals surface area contributed by atoms with Crippen LogP contribution in [-0.2, 0) is 14.9 Å². The van der Waals surface area contributed by atoms with Crippen LogP contribution in [0.5, 0.6) is 0 Å². The summed E-state index contributed by atoms with van der Waals surface area (Å²) in [5.74, 6) is -0.891. The van der Waals surface area contributed by atoms with Gasteiger partial charge in [-0.2, -0.15) is 8.42 Å². The summed E-state index contributed by atoms with van der Waals surface area (Å²) in [6, 6.07) is -0.959. The van der Waals surface area contributed by atoms with E-state index in [2.05, 4.69) is 19.2 Å². The third-order valence-corrected chi connectivity index (χ3v) is 7.84. The molecule has 0 bridgehead atoms. The minimum absolute atomic E-state index is 0.248. The first kappa shape index (κ1) is 35.3. The molecule has 0 fully saturated rings. The Balaban J connectivity index is 4.00. The minimum atomic E-state index is -4.29. The van der Waals surface area contributed by atoms with E-state index in [4.69, 9.17) is 0 Å². The van der Waals surface area contributed by atoms with Crippen molar-refractivity contribution < 1.29 is 22.9 Å². The van der Waals surface area contributed by atoms with Crippen molar-refractivity contribution in [3.63, 3.8) is 0 Å². The number of nitrogens with one attached hydrogen (secondary N) is 1. The van der Waals surface area contributed by atoms with E-state index in [1.54, 1.807) is 0 Å². The van der Waals surface area contributed by atoms with Crippen LogP contribution in [0.4, 0.5) is 0 Å². The molecule has 0 aliphatic heterocycles. The number of hydrogen-bond acceptors (Lipinski definition) is 4. The second kappa shape index (κ2) is 24.7. The molecule has 1 amide bonds. The first-order chi connectivity index (χ1) is 17.3. The lowest BCUT2D eigenvalue weighted by Gasteiger charge is -2.23. The van der Waals surface area contributed by atoms with Crippen molar-refractivity contribution in [3.8, 4) is 0 Å². The molecule has 216 valence electrons. The number of aliphatic hydroxyl groups is 1.